The summed E-state index contributed by atoms with van der Waals surface area (Å²) in [5.74, 6) is 0. The van der Waals surface area contributed by atoms with Crippen molar-refractivity contribution in [2.75, 3.05) is 0 Å². The van der Waals surface area contributed by atoms with Gasteiger partial charge in [-0.25, -0.2) is 0 Å². The molecular weight excluding hydrogens is 225 g/mol. The molecule has 0 radical (unpaired) electrons. The van der Waals surface area contributed by atoms with Gasteiger partial charge in [-0.3, -0.25) is 4.79 Å². The zero-order valence-corrected chi connectivity index (χ0v) is 8.15. The number of rotatable bonds is 1. The van der Waals surface area contributed by atoms with Crippen molar-refractivity contribution in [3.8, 4) is 0 Å². The number of thiophene rings is 1. The van der Waals surface area contributed by atoms with E-state index in [0.717, 1.165) is 12.1 Å². The summed E-state index contributed by atoms with van der Waals surface area (Å²) in [6, 6.07) is 3.42. The zero-order chi connectivity index (χ0) is 11.1. The standard InChI is InChI=1S/C10H5F3OS/c11-10(12,13)7-1-2-9-8(3-7)6(4-14)5-15-9/h1-5H. The van der Waals surface area contributed by atoms with E-state index in [1.165, 1.54) is 17.4 Å². The second-order valence-corrected chi connectivity index (χ2v) is 3.93. The fourth-order valence-electron chi connectivity index (χ4n) is 1.32. The molecule has 2 aromatic rings. The minimum atomic E-state index is -4.36. The third-order valence-electron chi connectivity index (χ3n) is 2.06. The number of alkyl halides is 3. The fraction of sp³-hybridized carbons (Fsp3) is 0.100. The number of hydrogen-bond acceptors (Lipinski definition) is 2. The van der Waals surface area contributed by atoms with Gasteiger partial charge >= 0.3 is 6.18 Å². The van der Waals surface area contributed by atoms with Gasteiger partial charge in [-0.05, 0) is 18.2 Å². The lowest BCUT2D eigenvalue weighted by atomic mass is 10.1. The van der Waals surface area contributed by atoms with Crippen molar-refractivity contribution in [3.63, 3.8) is 0 Å². The van der Waals surface area contributed by atoms with Gasteiger partial charge in [0.15, 0.2) is 6.29 Å². The topological polar surface area (TPSA) is 17.1 Å². The van der Waals surface area contributed by atoms with E-state index >= 15 is 0 Å². The smallest absolute Gasteiger partial charge is 0.298 e. The lowest BCUT2D eigenvalue weighted by molar-refractivity contribution is -0.137. The van der Waals surface area contributed by atoms with Gasteiger partial charge in [-0.2, -0.15) is 13.2 Å². The van der Waals surface area contributed by atoms with E-state index in [0.29, 0.717) is 21.9 Å². The van der Waals surface area contributed by atoms with Crippen LogP contribution in [0, 0.1) is 0 Å². The van der Waals surface area contributed by atoms with Gasteiger partial charge in [-0.1, -0.05) is 0 Å². The van der Waals surface area contributed by atoms with Crippen molar-refractivity contribution in [1.82, 2.24) is 0 Å². The van der Waals surface area contributed by atoms with E-state index in [1.807, 2.05) is 0 Å². The van der Waals surface area contributed by atoms with Crippen LogP contribution in [0.2, 0.25) is 0 Å². The van der Waals surface area contributed by atoms with E-state index in [1.54, 1.807) is 5.38 Å². The summed E-state index contributed by atoms with van der Waals surface area (Å²) in [7, 11) is 0. The Balaban J connectivity index is 2.68. The molecule has 0 saturated heterocycles. The van der Waals surface area contributed by atoms with Crippen LogP contribution in [-0.2, 0) is 6.18 Å². The highest BCUT2D eigenvalue weighted by Crippen LogP contribution is 2.34. The lowest BCUT2D eigenvalue weighted by Gasteiger charge is -2.05. The molecule has 0 saturated carbocycles. The van der Waals surface area contributed by atoms with Crippen molar-refractivity contribution < 1.29 is 18.0 Å². The van der Waals surface area contributed by atoms with E-state index in [-0.39, 0.29) is 0 Å². The van der Waals surface area contributed by atoms with Gasteiger partial charge in [0.2, 0.25) is 0 Å². The maximum atomic E-state index is 12.4. The van der Waals surface area contributed by atoms with Crippen molar-refractivity contribution in [2.45, 2.75) is 6.18 Å². The Labute approximate surface area is 87.1 Å². The van der Waals surface area contributed by atoms with Gasteiger partial charge in [0, 0.05) is 21.0 Å². The highest BCUT2D eigenvalue weighted by atomic mass is 32.1. The van der Waals surface area contributed by atoms with Crippen molar-refractivity contribution >= 4 is 27.7 Å². The SMILES string of the molecule is O=Cc1csc2ccc(C(F)(F)F)cc12. The van der Waals surface area contributed by atoms with E-state index in [4.69, 9.17) is 0 Å². The number of hydrogen-bond donors (Lipinski definition) is 0. The largest absolute Gasteiger partial charge is 0.416 e. The predicted molar refractivity (Wildman–Crippen MR) is 52.2 cm³/mol. The van der Waals surface area contributed by atoms with Crippen LogP contribution in [0.15, 0.2) is 23.6 Å². The van der Waals surface area contributed by atoms with Gasteiger partial charge in [0.25, 0.3) is 0 Å². The molecule has 1 aromatic carbocycles. The third-order valence-corrected chi connectivity index (χ3v) is 3.04. The molecule has 0 spiro atoms. The monoisotopic (exact) mass is 230 g/mol. The summed E-state index contributed by atoms with van der Waals surface area (Å²) >= 11 is 1.26. The van der Waals surface area contributed by atoms with Crippen LogP contribution in [0.1, 0.15) is 15.9 Å². The van der Waals surface area contributed by atoms with Crippen LogP contribution in [0.25, 0.3) is 10.1 Å². The summed E-state index contributed by atoms with van der Waals surface area (Å²) in [5.41, 5.74) is -0.419. The molecule has 1 heterocycles. The third kappa shape index (κ3) is 1.74. The molecule has 2 rings (SSSR count). The molecule has 0 unspecified atom stereocenters. The summed E-state index contributed by atoms with van der Waals surface area (Å²) in [4.78, 5) is 10.6. The minimum absolute atomic E-state index is 0.307. The molecule has 5 heteroatoms. The fourth-order valence-corrected chi connectivity index (χ4v) is 2.20. The average Bonchev–Trinajstić information content (AvgIpc) is 2.57. The molecule has 1 nitrogen and oxygen atoms in total. The van der Waals surface area contributed by atoms with Gasteiger partial charge < -0.3 is 0 Å². The predicted octanol–water partition coefficient (Wildman–Crippen LogP) is 3.73. The number of carbonyl (C=O) groups is 1. The summed E-state index contributed by atoms with van der Waals surface area (Å²) in [6.07, 6.45) is -3.80. The van der Waals surface area contributed by atoms with Crippen LogP contribution in [0.3, 0.4) is 0 Å². The molecule has 78 valence electrons. The van der Waals surface area contributed by atoms with Crippen LogP contribution < -0.4 is 0 Å². The highest BCUT2D eigenvalue weighted by molar-refractivity contribution is 7.17. The van der Waals surface area contributed by atoms with E-state index in [9.17, 15) is 18.0 Å². The van der Waals surface area contributed by atoms with Crippen LogP contribution in [-0.4, -0.2) is 6.29 Å². The molecule has 0 atom stereocenters. The molecule has 0 aliphatic carbocycles. The molecule has 0 N–H and O–H groups in total. The lowest BCUT2D eigenvalue weighted by Crippen LogP contribution is -2.04. The Morgan fingerprint density at radius 1 is 1.27 bits per heavy atom. The number of aldehydes is 1. The van der Waals surface area contributed by atoms with Crippen LogP contribution in [0.4, 0.5) is 13.2 Å². The Morgan fingerprint density at radius 3 is 2.60 bits per heavy atom. The highest BCUT2D eigenvalue weighted by Gasteiger charge is 2.30. The summed E-state index contributed by atoms with van der Waals surface area (Å²) < 4.78 is 37.8. The normalized spacial score (nSPS) is 11.9. The Bertz CT molecular complexity index is 513. The Kier molecular flexibility index (Phi) is 2.26. The van der Waals surface area contributed by atoms with E-state index < -0.39 is 11.7 Å². The minimum Gasteiger partial charge on any atom is -0.298 e. The summed E-state index contributed by atoms with van der Waals surface area (Å²) in [5, 5.41) is 1.92. The average molecular weight is 230 g/mol. The summed E-state index contributed by atoms with van der Waals surface area (Å²) in [6.45, 7) is 0. The second-order valence-electron chi connectivity index (χ2n) is 3.02. The van der Waals surface area contributed by atoms with Crippen molar-refractivity contribution in [1.29, 1.82) is 0 Å². The van der Waals surface area contributed by atoms with Crippen LogP contribution >= 0.6 is 11.3 Å². The number of halogens is 3. The van der Waals surface area contributed by atoms with Gasteiger partial charge in [-0.15, -0.1) is 11.3 Å². The first-order valence-corrected chi connectivity index (χ1v) is 4.94. The first-order chi connectivity index (χ1) is 7.02. The first-order valence-electron chi connectivity index (χ1n) is 4.06. The van der Waals surface area contributed by atoms with Gasteiger partial charge in [0.1, 0.15) is 0 Å². The number of fused-ring (bicyclic) bond motifs is 1. The molecule has 0 aliphatic rings. The number of carbonyl (C=O) groups excluding carboxylic acids is 1. The Morgan fingerprint density at radius 2 is 2.00 bits per heavy atom. The molecule has 0 aliphatic heterocycles. The quantitative estimate of drug-likeness (QED) is 0.682. The second kappa shape index (κ2) is 3.34. The van der Waals surface area contributed by atoms with E-state index in [2.05, 4.69) is 0 Å². The molecular formula is C10H5F3OS. The maximum Gasteiger partial charge on any atom is 0.416 e. The van der Waals surface area contributed by atoms with Gasteiger partial charge in [0.05, 0.1) is 5.56 Å². The maximum absolute atomic E-state index is 12.4. The number of benzene rings is 1. The molecule has 0 bridgehead atoms. The molecule has 1 aromatic heterocycles. The molecule has 0 fully saturated rings. The van der Waals surface area contributed by atoms with Crippen molar-refractivity contribution in [2.24, 2.45) is 0 Å². The zero-order valence-electron chi connectivity index (χ0n) is 7.34. The van der Waals surface area contributed by atoms with Crippen LogP contribution in [0.5, 0.6) is 0 Å². The molecule has 0 amide bonds. The molecule has 15 heavy (non-hydrogen) atoms. The Hall–Kier alpha value is -1.36. The first kappa shape index (κ1) is 10.2. The van der Waals surface area contributed by atoms with Crippen molar-refractivity contribution in [3.05, 3.63) is 34.7 Å².